The first-order chi connectivity index (χ1) is 7.60. The van der Waals surface area contributed by atoms with E-state index in [2.05, 4.69) is 42.1 Å². The first kappa shape index (κ1) is 11.4. The Morgan fingerprint density at radius 3 is 2.75 bits per heavy atom. The number of nitrogens with zero attached hydrogens (tertiary/aromatic N) is 2. The first-order valence-corrected chi connectivity index (χ1v) is 6.22. The van der Waals surface area contributed by atoms with Crippen LogP contribution in [0.15, 0.2) is 6.07 Å². The molecular weight excluding hydrogens is 198 g/mol. The average Bonchev–Trinajstić information content (AvgIpc) is 2.95. The highest BCUT2D eigenvalue weighted by molar-refractivity contribution is 5.32. The Balaban J connectivity index is 2.09. The van der Waals surface area contributed by atoms with Gasteiger partial charge in [0.05, 0.1) is 0 Å². The van der Waals surface area contributed by atoms with E-state index >= 15 is 0 Å². The lowest BCUT2D eigenvalue weighted by molar-refractivity contribution is 0.765. The molecule has 1 N–H and O–H groups in total. The van der Waals surface area contributed by atoms with E-state index in [0.29, 0.717) is 12.0 Å². The Kier molecular flexibility index (Phi) is 3.13. The number of hydrogen-bond donors (Lipinski definition) is 1. The Morgan fingerprint density at radius 2 is 2.19 bits per heavy atom. The Hall–Kier alpha value is -1.12. The van der Waals surface area contributed by atoms with Crippen molar-refractivity contribution in [2.24, 2.45) is 5.92 Å². The number of aryl methyl sites for hydroxylation is 1. The molecule has 0 saturated heterocycles. The molecule has 1 aromatic heterocycles. The fourth-order valence-corrected chi connectivity index (χ4v) is 1.99. The van der Waals surface area contributed by atoms with Crippen LogP contribution in [-0.2, 0) is 0 Å². The maximum atomic E-state index is 4.56. The summed E-state index contributed by atoms with van der Waals surface area (Å²) in [5.41, 5.74) is 2.18. The lowest BCUT2D eigenvalue weighted by Crippen LogP contribution is -2.10. The molecule has 1 heterocycles. The molecule has 0 aromatic carbocycles. The molecule has 1 aliphatic carbocycles. The summed E-state index contributed by atoms with van der Waals surface area (Å²) >= 11 is 0. The molecule has 0 spiro atoms. The van der Waals surface area contributed by atoms with E-state index in [1.165, 1.54) is 12.8 Å². The average molecular weight is 219 g/mol. The van der Waals surface area contributed by atoms with Gasteiger partial charge in [-0.15, -0.1) is 0 Å². The zero-order chi connectivity index (χ0) is 11.7. The third-order valence-electron chi connectivity index (χ3n) is 3.23. The van der Waals surface area contributed by atoms with Crippen molar-refractivity contribution in [1.82, 2.24) is 9.97 Å². The normalized spacial score (nSPS) is 23.6. The largest absolute Gasteiger partial charge is 0.351 e. The van der Waals surface area contributed by atoms with Gasteiger partial charge in [0.15, 0.2) is 0 Å². The van der Waals surface area contributed by atoms with Gasteiger partial charge < -0.3 is 5.32 Å². The molecule has 16 heavy (non-hydrogen) atoms. The van der Waals surface area contributed by atoms with E-state index in [1.807, 2.05) is 6.92 Å². The molecule has 1 aromatic rings. The van der Waals surface area contributed by atoms with E-state index < -0.39 is 0 Å². The van der Waals surface area contributed by atoms with Gasteiger partial charge in [0.1, 0.15) is 0 Å². The molecule has 0 radical (unpaired) electrons. The van der Waals surface area contributed by atoms with E-state index in [4.69, 9.17) is 0 Å². The van der Waals surface area contributed by atoms with Crippen LogP contribution in [0.5, 0.6) is 0 Å². The molecule has 3 heteroatoms. The van der Waals surface area contributed by atoms with Gasteiger partial charge >= 0.3 is 0 Å². The Morgan fingerprint density at radius 1 is 1.44 bits per heavy atom. The topological polar surface area (TPSA) is 37.8 Å². The van der Waals surface area contributed by atoms with Crippen LogP contribution in [0, 0.1) is 12.8 Å². The third-order valence-corrected chi connectivity index (χ3v) is 3.23. The van der Waals surface area contributed by atoms with Crippen molar-refractivity contribution in [1.29, 1.82) is 0 Å². The fraction of sp³-hybridized carbons (Fsp3) is 0.692. The van der Waals surface area contributed by atoms with Gasteiger partial charge in [-0.1, -0.05) is 27.2 Å². The van der Waals surface area contributed by atoms with Gasteiger partial charge in [0, 0.05) is 17.4 Å². The minimum absolute atomic E-state index is 0.462. The van der Waals surface area contributed by atoms with Crippen molar-refractivity contribution >= 4 is 5.95 Å². The number of anilines is 1. The van der Waals surface area contributed by atoms with Crippen molar-refractivity contribution in [3.63, 3.8) is 0 Å². The van der Waals surface area contributed by atoms with Crippen LogP contribution in [0.1, 0.15) is 50.9 Å². The zero-order valence-corrected chi connectivity index (χ0v) is 10.6. The molecule has 1 aliphatic rings. The maximum Gasteiger partial charge on any atom is 0.223 e. The summed E-state index contributed by atoms with van der Waals surface area (Å²) in [6.07, 6.45) is 2.52. The predicted molar refractivity (Wildman–Crippen MR) is 66.7 cm³/mol. The minimum Gasteiger partial charge on any atom is -0.351 e. The second-order valence-electron chi connectivity index (χ2n) is 5.07. The van der Waals surface area contributed by atoms with Crippen molar-refractivity contribution in [3.05, 3.63) is 17.5 Å². The van der Waals surface area contributed by atoms with E-state index in [0.717, 1.165) is 23.3 Å². The molecule has 3 nitrogen and oxygen atoms in total. The summed E-state index contributed by atoms with van der Waals surface area (Å²) in [5, 5.41) is 3.43. The number of nitrogens with one attached hydrogen (secondary N) is 1. The number of rotatable bonds is 4. The maximum absolute atomic E-state index is 4.56. The Bertz CT molecular complexity index is 373. The van der Waals surface area contributed by atoms with E-state index in [9.17, 15) is 0 Å². The Labute approximate surface area is 97.7 Å². The van der Waals surface area contributed by atoms with Gasteiger partial charge in [0.25, 0.3) is 0 Å². The van der Waals surface area contributed by atoms with E-state index in [1.54, 1.807) is 0 Å². The molecule has 0 aliphatic heterocycles. The standard InChI is InChI=1S/C13H21N3/c1-5-10-7-12(10)16-13-14-9(4)6-11(15-13)8(2)3/h6,8,10,12H,5,7H2,1-4H3,(H,14,15,16). The van der Waals surface area contributed by atoms with Crippen molar-refractivity contribution < 1.29 is 0 Å². The SMILES string of the molecule is CCC1CC1Nc1nc(C)cc(C(C)C)n1. The van der Waals surface area contributed by atoms with Gasteiger partial charge in [0.2, 0.25) is 5.95 Å². The second-order valence-corrected chi connectivity index (χ2v) is 5.07. The quantitative estimate of drug-likeness (QED) is 0.845. The molecule has 2 rings (SSSR count). The van der Waals surface area contributed by atoms with Crippen LogP contribution in [0.4, 0.5) is 5.95 Å². The van der Waals surface area contributed by atoms with Gasteiger partial charge in [-0.25, -0.2) is 9.97 Å². The zero-order valence-electron chi connectivity index (χ0n) is 10.6. The van der Waals surface area contributed by atoms with Gasteiger partial charge in [-0.05, 0) is 31.2 Å². The van der Waals surface area contributed by atoms with Crippen molar-refractivity contribution in [2.45, 2.75) is 52.5 Å². The summed E-state index contributed by atoms with van der Waals surface area (Å²) < 4.78 is 0. The van der Waals surface area contributed by atoms with Crippen LogP contribution in [-0.4, -0.2) is 16.0 Å². The third kappa shape index (κ3) is 2.52. The van der Waals surface area contributed by atoms with Crippen molar-refractivity contribution in [3.8, 4) is 0 Å². The summed E-state index contributed by atoms with van der Waals surface area (Å²) in [6, 6.07) is 2.67. The van der Waals surface area contributed by atoms with Crippen LogP contribution < -0.4 is 5.32 Å². The fourth-order valence-electron chi connectivity index (χ4n) is 1.99. The molecule has 1 fully saturated rings. The lowest BCUT2D eigenvalue weighted by atomic mass is 10.1. The molecular formula is C13H21N3. The molecule has 2 atom stereocenters. The van der Waals surface area contributed by atoms with E-state index in [-0.39, 0.29) is 0 Å². The highest BCUT2D eigenvalue weighted by atomic mass is 15.1. The van der Waals surface area contributed by atoms with Crippen LogP contribution in [0.25, 0.3) is 0 Å². The minimum atomic E-state index is 0.462. The summed E-state index contributed by atoms with van der Waals surface area (Å²) in [5.74, 6) is 2.10. The van der Waals surface area contributed by atoms with Crippen molar-refractivity contribution in [2.75, 3.05) is 5.32 Å². The molecule has 0 amide bonds. The van der Waals surface area contributed by atoms with Crippen LogP contribution in [0.3, 0.4) is 0 Å². The highest BCUT2D eigenvalue weighted by Gasteiger charge is 2.35. The summed E-state index contributed by atoms with van der Waals surface area (Å²) in [6.45, 7) is 8.60. The summed E-state index contributed by atoms with van der Waals surface area (Å²) in [4.78, 5) is 9.00. The van der Waals surface area contributed by atoms with Crippen LogP contribution in [0.2, 0.25) is 0 Å². The first-order valence-electron chi connectivity index (χ1n) is 6.22. The predicted octanol–water partition coefficient (Wildman–Crippen LogP) is 3.12. The van der Waals surface area contributed by atoms with Gasteiger partial charge in [-0.2, -0.15) is 0 Å². The van der Waals surface area contributed by atoms with Gasteiger partial charge in [-0.3, -0.25) is 0 Å². The molecule has 0 bridgehead atoms. The summed E-state index contributed by atoms with van der Waals surface area (Å²) in [7, 11) is 0. The molecule has 1 saturated carbocycles. The highest BCUT2D eigenvalue weighted by Crippen LogP contribution is 2.35. The second kappa shape index (κ2) is 4.40. The molecule has 88 valence electrons. The monoisotopic (exact) mass is 219 g/mol. The smallest absolute Gasteiger partial charge is 0.223 e. The number of aromatic nitrogens is 2. The lowest BCUT2D eigenvalue weighted by Gasteiger charge is -2.09. The van der Waals surface area contributed by atoms with Crippen LogP contribution >= 0.6 is 0 Å². The number of hydrogen-bond acceptors (Lipinski definition) is 3. The molecule has 2 unspecified atom stereocenters.